The summed E-state index contributed by atoms with van der Waals surface area (Å²) in [7, 11) is 0. The normalized spacial score (nSPS) is 15.8. The molecule has 0 spiro atoms. The molecule has 0 bridgehead atoms. The maximum Gasteiger partial charge on any atom is 0.262 e. The topological polar surface area (TPSA) is 58.4 Å². The summed E-state index contributed by atoms with van der Waals surface area (Å²) in [5.41, 5.74) is 4.82. The molecule has 1 N–H and O–H groups in total. The zero-order valence-corrected chi connectivity index (χ0v) is 19.7. The zero-order chi connectivity index (χ0) is 22.8. The third-order valence-corrected chi connectivity index (χ3v) is 7.78. The predicted molar refractivity (Wildman–Crippen MR) is 134 cm³/mol. The van der Waals surface area contributed by atoms with Crippen molar-refractivity contribution in [1.29, 1.82) is 0 Å². The molecule has 0 amide bonds. The van der Waals surface area contributed by atoms with Gasteiger partial charge < -0.3 is 5.11 Å². The molecule has 0 radical (unpaired) electrons. The molecule has 170 valence electrons. The van der Waals surface area contributed by atoms with Gasteiger partial charge in [0.15, 0.2) is 0 Å². The van der Waals surface area contributed by atoms with E-state index in [4.69, 9.17) is 0 Å². The summed E-state index contributed by atoms with van der Waals surface area (Å²) < 4.78 is 1.74. The third-order valence-electron chi connectivity index (χ3n) is 6.62. The molecule has 0 fully saturated rings. The van der Waals surface area contributed by atoms with Gasteiger partial charge >= 0.3 is 0 Å². The molecule has 5 rings (SSSR count). The Labute approximate surface area is 198 Å². The van der Waals surface area contributed by atoms with Gasteiger partial charge in [0, 0.05) is 24.0 Å². The van der Waals surface area contributed by atoms with Crippen LogP contribution in [0.2, 0.25) is 0 Å². The highest BCUT2D eigenvalue weighted by Gasteiger charge is 2.28. The van der Waals surface area contributed by atoms with E-state index in [1.54, 1.807) is 22.2 Å². The minimum atomic E-state index is 0.0630. The zero-order valence-electron chi connectivity index (χ0n) is 18.9. The fourth-order valence-electron chi connectivity index (χ4n) is 4.84. The SMILES string of the molecule is Cc1ccc(Cn2cnc3sc4c(c3c2=O)CCC(N(CCO)Cc2ccccc2)C4)cc1. The lowest BCUT2D eigenvalue weighted by molar-refractivity contribution is 0.133. The van der Waals surface area contributed by atoms with Gasteiger partial charge in [0.1, 0.15) is 4.83 Å². The summed E-state index contributed by atoms with van der Waals surface area (Å²) in [5.74, 6) is 0. The molecule has 6 heteroatoms. The van der Waals surface area contributed by atoms with Gasteiger partial charge in [-0.2, -0.15) is 0 Å². The van der Waals surface area contributed by atoms with Crippen LogP contribution in [0.5, 0.6) is 0 Å². The highest BCUT2D eigenvalue weighted by molar-refractivity contribution is 7.18. The Hall–Kier alpha value is -2.80. The number of hydrogen-bond donors (Lipinski definition) is 1. The monoisotopic (exact) mass is 459 g/mol. The van der Waals surface area contributed by atoms with Gasteiger partial charge in [-0.05, 0) is 42.9 Å². The summed E-state index contributed by atoms with van der Waals surface area (Å²) >= 11 is 1.66. The molecule has 1 atom stereocenters. The maximum atomic E-state index is 13.4. The fourth-order valence-corrected chi connectivity index (χ4v) is 6.08. The molecular formula is C27H29N3O2S. The maximum absolute atomic E-state index is 13.4. The van der Waals surface area contributed by atoms with Gasteiger partial charge in [-0.3, -0.25) is 14.3 Å². The molecule has 2 aromatic carbocycles. The first-order chi connectivity index (χ1) is 16.1. The molecule has 0 saturated carbocycles. The van der Waals surface area contributed by atoms with E-state index in [1.165, 1.54) is 21.6 Å². The molecule has 4 aromatic rings. The highest BCUT2D eigenvalue weighted by Crippen LogP contribution is 2.35. The van der Waals surface area contributed by atoms with Gasteiger partial charge in [0.05, 0.1) is 24.9 Å². The van der Waals surface area contributed by atoms with Crippen LogP contribution in [0.4, 0.5) is 0 Å². The number of thiophene rings is 1. The molecule has 0 saturated heterocycles. The second-order valence-corrected chi connectivity index (χ2v) is 10.0. The molecule has 5 nitrogen and oxygen atoms in total. The van der Waals surface area contributed by atoms with E-state index in [-0.39, 0.29) is 12.2 Å². The lowest BCUT2D eigenvalue weighted by atomic mass is 9.91. The number of rotatable bonds is 7. The van der Waals surface area contributed by atoms with Crippen LogP contribution in [0, 0.1) is 6.92 Å². The van der Waals surface area contributed by atoms with Crippen molar-refractivity contribution in [3.8, 4) is 0 Å². The number of hydrogen-bond acceptors (Lipinski definition) is 5. The Balaban J connectivity index is 1.41. The average Bonchev–Trinajstić information content (AvgIpc) is 3.21. The van der Waals surface area contributed by atoms with Crippen molar-refractivity contribution in [3.63, 3.8) is 0 Å². The van der Waals surface area contributed by atoms with Gasteiger partial charge in [-0.25, -0.2) is 4.98 Å². The van der Waals surface area contributed by atoms with E-state index < -0.39 is 0 Å². The van der Waals surface area contributed by atoms with Crippen LogP contribution in [-0.2, 0) is 25.9 Å². The van der Waals surface area contributed by atoms with Crippen molar-refractivity contribution < 1.29 is 5.11 Å². The molecule has 2 aromatic heterocycles. The first-order valence-corrected chi connectivity index (χ1v) is 12.4. The van der Waals surface area contributed by atoms with E-state index in [0.717, 1.165) is 41.6 Å². The number of aromatic nitrogens is 2. The van der Waals surface area contributed by atoms with Crippen molar-refractivity contribution in [2.75, 3.05) is 13.2 Å². The summed E-state index contributed by atoms with van der Waals surface area (Å²) in [4.78, 5) is 22.5. The lowest BCUT2D eigenvalue weighted by Crippen LogP contribution is -2.40. The molecule has 2 heterocycles. The Morgan fingerprint density at radius 2 is 1.91 bits per heavy atom. The molecule has 1 aliphatic rings. The summed E-state index contributed by atoms with van der Waals surface area (Å²) in [6.07, 6.45) is 4.46. The van der Waals surface area contributed by atoms with Crippen molar-refractivity contribution in [3.05, 3.63) is 98.4 Å². The average molecular weight is 460 g/mol. The first kappa shape index (κ1) is 22.0. The minimum absolute atomic E-state index is 0.0630. The Bertz CT molecular complexity index is 1290. The summed E-state index contributed by atoms with van der Waals surface area (Å²) in [5, 5.41) is 10.5. The van der Waals surface area contributed by atoms with Crippen LogP contribution in [0.1, 0.15) is 33.6 Å². The van der Waals surface area contributed by atoms with E-state index >= 15 is 0 Å². The van der Waals surface area contributed by atoms with Crippen LogP contribution in [0.3, 0.4) is 0 Å². The summed E-state index contributed by atoms with van der Waals surface area (Å²) in [6.45, 7) is 4.23. The van der Waals surface area contributed by atoms with E-state index in [2.05, 4.69) is 65.3 Å². The van der Waals surface area contributed by atoms with Gasteiger partial charge in [0.25, 0.3) is 5.56 Å². The Kier molecular flexibility index (Phi) is 6.40. The molecule has 33 heavy (non-hydrogen) atoms. The number of fused-ring (bicyclic) bond motifs is 3. The van der Waals surface area contributed by atoms with Crippen molar-refractivity contribution in [2.45, 2.75) is 45.3 Å². The molecular weight excluding hydrogens is 430 g/mol. The lowest BCUT2D eigenvalue weighted by Gasteiger charge is -2.34. The second kappa shape index (κ2) is 9.59. The minimum Gasteiger partial charge on any atom is -0.395 e. The van der Waals surface area contributed by atoms with Crippen LogP contribution in [0.25, 0.3) is 10.2 Å². The quantitative estimate of drug-likeness (QED) is 0.451. The molecule has 1 aliphatic carbocycles. The first-order valence-electron chi connectivity index (χ1n) is 11.6. The van der Waals surface area contributed by atoms with Gasteiger partial charge in [-0.1, -0.05) is 60.2 Å². The smallest absolute Gasteiger partial charge is 0.262 e. The van der Waals surface area contributed by atoms with Gasteiger partial charge in [-0.15, -0.1) is 11.3 Å². The number of aryl methyl sites for hydroxylation is 2. The fraction of sp³-hybridized carbons (Fsp3) is 0.333. The predicted octanol–water partition coefficient (Wildman–Crippen LogP) is 4.17. The third kappa shape index (κ3) is 4.64. The van der Waals surface area contributed by atoms with Crippen LogP contribution in [-0.4, -0.2) is 38.8 Å². The number of benzene rings is 2. The largest absolute Gasteiger partial charge is 0.395 e. The standard InChI is InChI=1S/C27H29N3O2S/c1-19-7-9-21(10-8-19)17-30-18-28-26-25(27(30)32)23-12-11-22(15-24(23)33-26)29(13-14-31)16-20-5-3-2-4-6-20/h2-10,18,22,31H,11-17H2,1H3. The van der Waals surface area contributed by atoms with Crippen LogP contribution < -0.4 is 5.56 Å². The second-order valence-electron chi connectivity index (χ2n) is 8.92. The Morgan fingerprint density at radius 3 is 2.67 bits per heavy atom. The van der Waals surface area contributed by atoms with E-state index in [9.17, 15) is 9.90 Å². The van der Waals surface area contributed by atoms with Gasteiger partial charge in [0.2, 0.25) is 0 Å². The van der Waals surface area contributed by atoms with Crippen molar-refractivity contribution >= 4 is 21.6 Å². The van der Waals surface area contributed by atoms with Crippen LogP contribution >= 0.6 is 11.3 Å². The molecule has 0 aliphatic heterocycles. The summed E-state index contributed by atoms with van der Waals surface area (Å²) in [6, 6.07) is 19.1. The molecule has 1 unspecified atom stereocenters. The number of aliphatic hydroxyl groups excluding tert-OH is 1. The number of nitrogens with zero attached hydrogens (tertiary/aromatic N) is 3. The van der Waals surface area contributed by atoms with Crippen molar-refractivity contribution in [1.82, 2.24) is 14.5 Å². The van der Waals surface area contributed by atoms with E-state index in [1.807, 2.05) is 6.07 Å². The van der Waals surface area contributed by atoms with Crippen LogP contribution in [0.15, 0.2) is 65.7 Å². The number of aliphatic hydroxyl groups is 1. The van der Waals surface area contributed by atoms with E-state index in [0.29, 0.717) is 19.1 Å². The van der Waals surface area contributed by atoms with Crippen molar-refractivity contribution in [2.24, 2.45) is 0 Å². The highest BCUT2D eigenvalue weighted by atomic mass is 32.1. The Morgan fingerprint density at radius 1 is 1.12 bits per heavy atom.